The van der Waals surface area contributed by atoms with Gasteiger partial charge in [0.1, 0.15) is 5.75 Å². The predicted molar refractivity (Wildman–Crippen MR) is 84.8 cm³/mol. The molecule has 0 saturated carbocycles. The molecule has 1 N–H and O–H groups in total. The fourth-order valence-electron chi connectivity index (χ4n) is 2.17. The van der Waals surface area contributed by atoms with Crippen LogP contribution >= 0.6 is 11.6 Å². The first-order chi connectivity index (χ1) is 10.5. The van der Waals surface area contributed by atoms with Crippen molar-refractivity contribution < 1.29 is 24.1 Å². The van der Waals surface area contributed by atoms with Gasteiger partial charge in [0.15, 0.2) is 23.0 Å². The molecule has 5 nitrogen and oxygen atoms in total. The third kappa shape index (κ3) is 2.85. The van der Waals surface area contributed by atoms with Gasteiger partial charge in [0.25, 0.3) is 0 Å². The Kier molecular flexibility index (Phi) is 4.88. The smallest absolute Gasteiger partial charge is 0.165 e. The van der Waals surface area contributed by atoms with Crippen LogP contribution in [0.3, 0.4) is 0 Å². The Morgan fingerprint density at radius 1 is 0.682 bits per heavy atom. The van der Waals surface area contributed by atoms with Crippen LogP contribution in [0.1, 0.15) is 0 Å². The van der Waals surface area contributed by atoms with E-state index in [0.29, 0.717) is 33.4 Å². The van der Waals surface area contributed by atoms with Crippen molar-refractivity contribution in [1.29, 1.82) is 0 Å². The number of phenolic OH excluding ortho intramolecular Hbond substituents is 1. The molecule has 0 unspecified atom stereocenters. The highest BCUT2D eigenvalue weighted by atomic mass is 35.5. The SMILES string of the molecule is COc1cc(OC)c(-c2cc(Cl)cc(OC)c2O)cc1OC. The molecule has 2 aromatic carbocycles. The third-order valence-corrected chi connectivity index (χ3v) is 3.47. The van der Waals surface area contributed by atoms with Gasteiger partial charge in [-0.2, -0.15) is 0 Å². The van der Waals surface area contributed by atoms with E-state index in [0.717, 1.165) is 0 Å². The zero-order valence-corrected chi connectivity index (χ0v) is 13.5. The minimum Gasteiger partial charge on any atom is -0.504 e. The van der Waals surface area contributed by atoms with E-state index in [1.807, 2.05) is 0 Å². The standard InChI is InChI=1S/C16H17ClO5/c1-19-12-8-14(21-3)13(20-2)7-10(12)11-5-9(17)6-15(22-4)16(11)18/h5-8,18H,1-4H3. The minimum atomic E-state index is -0.0302. The molecule has 0 aliphatic carbocycles. The van der Waals surface area contributed by atoms with E-state index in [1.54, 1.807) is 18.2 Å². The Morgan fingerprint density at radius 3 is 1.77 bits per heavy atom. The summed E-state index contributed by atoms with van der Waals surface area (Å²) < 4.78 is 21.1. The fraction of sp³-hybridized carbons (Fsp3) is 0.250. The van der Waals surface area contributed by atoms with E-state index < -0.39 is 0 Å². The Bertz CT molecular complexity index is 685. The number of hydrogen-bond acceptors (Lipinski definition) is 5. The van der Waals surface area contributed by atoms with E-state index in [9.17, 15) is 5.11 Å². The van der Waals surface area contributed by atoms with Crippen LogP contribution in [-0.2, 0) is 0 Å². The summed E-state index contributed by atoms with van der Waals surface area (Å²) in [6.07, 6.45) is 0. The minimum absolute atomic E-state index is 0.0302. The van der Waals surface area contributed by atoms with E-state index in [-0.39, 0.29) is 11.5 Å². The first-order valence-corrected chi connectivity index (χ1v) is 6.80. The molecule has 0 aliphatic heterocycles. The number of methoxy groups -OCH3 is 4. The summed E-state index contributed by atoms with van der Waals surface area (Å²) in [5.41, 5.74) is 1.08. The highest BCUT2D eigenvalue weighted by Crippen LogP contribution is 2.46. The van der Waals surface area contributed by atoms with Crippen LogP contribution in [0.2, 0.25) is 5.02 Å². The summed E-state index contributed by atoms with van der Waals surface area (Å²) in [5.74, 6) is 1.79. The lowest BCUT2D eigenvalue weighted by atomic mass is 10.0. The second-order valence-corrected chi connectivity index (χ2v) is 4.85. The lowest BCUT2D eigenvalue weighted by Gasteiger charge is -2.16. The van der Waals surface area contributed by atoms with E-state index in [1.165, 1.54) is 34.5 Å². The maximum Gasteiger partial charge on any atom is 0.165 e. The summed E-state index contributed by atoms with van der Waals surface area (Å²) >= 11 is 6.09. The van der Waals surface area contributed by atoms with Crippen LogP contribution in [0.25, 0.3) is 11.1 Å². The highest BCUT2D eigenvalue weighted by Gasteiger charge is 2.19. The van der Waals surface area contributed by atoms with Crippen molar-refractivity contribution >= 4 is 11.6 Å². The van der Waals surface area contributed by atoms with Crippen molar-refractivity contribution in [3.8, 4) is 39.9 Å². The van der Waals surface area contributed by atoms with Gasteiger partial charge in [-0.15, -0.1) is 0 Å². The van der Waals surface area contributed by atoms with Crippen molar-refractivity contribution in [1.82, 2.24) is 0 Å². The van der Waals surface area contributed by atoms with Crippen LogP contribution < -0.4 is 18.9 Å². The van der Waals surface area contributed by atoms with Gasteiger partial charge in [0.2, 0.25) is 0 Å². The lowest BCUT2D eigenvalue weighted by molar-refractivity contribution is 0.349. The van der Waals surface area contributed by atoms with Gasteiger partial charge in [0, 0.05) is 28.3 Å². The largest absolute Gasteiger partial charge is 0.504 e. The average molecular weight is 325 g/mol. The zero-order chi connectivity index (χ0) is 16.3. The quantitative estimate of drug-likeness (QED) is 0.907. The van der Waals surface area contributed by atoms with E-state index in [2.05, 4.69) is 0 Å². The Hall–Kier alpha value is -2.27. The van der Waals surface area contributed by atoms with Gasteiger partial charge < -0.3 is 24.1 Å². The molecule has 0 radical (unpaired) electrons. The maximum absolute atomic E-state index is 10.4. The van der Waals surface area contributed by atoms with Crippen molar-refractivity contribution in [2.75, 3.05) is 28.4 Å². The summed E-state index contributed by atoms with van der Waals surface area (Å²) in [6.45, 7) is 0. The van der Waals surface area contributed by atoms with Gasteiger partial charge >= 0.3 is 0 Å². The van der Waals surface area contributed by atoms with Crippen molar-refractivity contribution in [3.63, 3.8) is 0 Å². The first-order valence-electron chi connectivity index (χ1n) is 6.42. The van der Waals surface area contributed by atoms with Crippen molar-refractivity contribution in [3.05, 3.63) is 29.3 Å². The molecule has 0 atom stereocenters. The summed E-state index contributed by atoms with van der Waals surface area (Å²) in [6, 6.07) is 6.56. The van der Waals surface area contributed by atoms with Crippen LogP contribution in [-0.4, -0.2) is 33.5 Å². The number of benzene rings is 2. The molecule has 0 aromatic heterocycles. The van der Waals surface area contributed by atoms with E-state index in [4.69, 9.17) is 30.5 Å². The molecule has 0 fully saturated rings. The zero-order valence-electron chi connectivity index (χ0n) is 12.8. The van der Waals surface area contributed by atoms with Crippen LogP contribution in [0.15, 0.2) is 24.3 Å². The number of ether oxygens (including phenoxy) is 4. The molecule has 0 amide bonds. The average Bonchev–Trinajstić information content (AvgIpc) is 2.55. The molecule has 22 heavy (non-hydrogen) atoms. The molecule has 118 valence electrons. The number of phenols is 1. The Labute approximate surface area is 133 Å². The normalized spacial score (nSPS) is 10.2. The Morgan fingerprint density at radius 2 is 1.23 bits per heavy atom. The van der Waals surface area contributed by atoms with Crippen LogP contribution in [0, 0.1) is 0 Å². The summed E-state index contributed by atoms with van der Waals surface area (Å²) in [4.78, 5) is 0. The number of halogens is 1. The second-order valence-electron chi connectivity index (χ2n) is 4.41. The van der Waals surface area contributed by atoms with Gasteiger partial charge in [-0.1, -0.05) is 11.6 Å². The van der Waals surface area contributed by atoms with Crippen molar-refractivity contribution in [2.24, 2.45) is 0 Å². The highest BCUT2D eigenvalue weighted by molar-refractivity contribution is 6.31. The molecule has 6 heteroatoms. The Balaban J connectivity index is 2.74. The first kappa shape index (κ1) is 16.1. The second kappa shape index (κ2) is 6.66. The third-order valence-electron chi connectivity index (χ3n) is 3.26. The van der Waals surface area contributed by atoms with Crippen LogP contribution in [0.5, 0.6) is 28.7 Å². The topological polar surface area (TPSA) is 57.2 Å². The number of rotatable bonds is 5. The molecular weight excluding hydrogens is 308 g/mol. The predicted octanol–water partition coefficient (Wildman–Crippen LogP) is 3.75. The molecule has 2 rings (SSSR count). The van der Waals surface area contributed by atoms with Crippen molar-refractivity contribution in [2.45, 2.75) is 0 Å². The molecule has 0 aliphatic rings. The molecule has 0 spiro atoms. The van der Waals surface area contributed by atoms with Gasteiger partial charge in [-0.05, 0) is 12.1 Å². The monoisotopic (exact) mass is 324 g/mol. The van der Waals surface area contributed by atoms with E-state index >= 15 is 0 Å². The maximum atomic E-state index is 10.4. The van der Waals surface area contributed by atoms with Gasteiger partial charge in [-0.3, -0.25) is 0 Å². The number of hydrogen-bond donors (Lipinski definition) is 1. The lowest BCUT2D eigenvalue weighted by Crippen LogP contribution is -1.95. The fourth-order valence-corrected chi connectivity index (χ4v) is 2.38. The van der Waals surface area contributed by atoms with Crippen LogP contribution in [0.4, 0.5) is 0 Å². The molecular formula is C16H17ClO5. The molecule has 0 bridgehead atoms. The van der Waals surface area contributed by atoms with Gasteiger partial charge in [0.05, 0.1) is 28.4 Å². The molecule has 0 heterocycles. The van der Waals surface area contributed by atoms with Gasteiger partial charge in [-0.25, -0.2) is 0 Å². The molecule has 2 aromatic rings. The summed E-state index contributed by atoms with van der Waals surface area (Å²) in [7, 11) is 6.06. The molecule has 0 saturated heterocycles. The number of aromatic hydroxyl groups is 1. The summed E-state index contributed by atoms with van der Waals surface area (Å²) in [5, 5.41) is 10.8.